The lowest BCUT2D eigenvalue weighted by Crippen LogP contribution is -2.26. The van der Waals surface area contributed by atoms with Crippen LogP contribution in [0.15, 0.2) is 24.3 Å². The van der Waals surface area contributed by atoms with Crippen LogP contribution in [0.5, 0.6) is 0 Å². The molecule has 4 rings (SSSR count). The number of hydrogen-bond donors (Lipinski definition) is 2. The van der Waals surface area contributed by atoms with Gasteiger partial charge in [0.2, 0.25) is 11.0 Å². The van der Waals surface area contributed by atoms with Crippen LogP contribution in [0, 0.1) is 0 Å². The van der Waals surface area contributed by atoms with E-state index < -0.39 is 0 Å². The van der Waals surface area contributed by atoms with Crippen LogP contribution >= 0.6 is 11.3 Å². The molecule has 0 bridgehead atoms. The summed E-state index contributed by atoms with van der Waals surface area (Å²) in [5.74, 6) is 0.902. The molecule has 2 aromatic rings. The minimum atomic E-state index is 0.0800. The number of amides is 1. The zero-order valence-corrected chi connectivity index (χ0v) is 12.3. The van der Waals surface area contributed by atoms with Gasteiger partial charge in [-0.2, -0.15) is 0 Å². The molecule has 2 N–H and O–H groups in total. The summed E-state index contributed by atoms with van der Waals surface area (Å²) >= 11 is 1.64. The molecule has 0 saturated heterocycles. The summed E-state index contributed by atoms with van der Waals surface area (Å²) in [5, 5.41) is 16.7. The lowest BCUT2D eigenvalue weighted by Gasteiger charge is -2.25. The lowest BCUT2D eigenvalue weighted by atomic mass is 9.90. The molecule has 1 aliphatic heterocycles. The van der Waals surface area contributed by atoms with Crippen molar-refractivity contribution < 1.29 is 4.79 Å². The van der Waals surface area contributed by atoms with E-state index in [4.69, 9.17) is 0 Å². The molecule has 1 aromatic carbocycles. The highest BCUT2D eigenvalue weighted by molar-refractivity contribution is 7.15. The Labute approximate surface area is 126 Å². The quantitative estimate of drug-likeness (QED) is 0.911. The smallest absolute Gasteiger partial charge is 0.225 e. The summed E-state index contributed by atoms with van der Waals surface area (Å²) in [4.78, 5) is 11.8. The predicted octanol–water partition coefficient (Wildman–Crippen LogP) is 2.95. The molecule has 5 nitrogen and oxygen atoms in total. The number of hydrogen-bond acceptors (Lipinski definition) is 5. The molecule has 6 heteroatoms. The normalized spacial score (nSPS) is 20.8. The first kappa shape index (κ1) is 12.8. The van der Waals surface area contributed by atoms with E-state index in [0.717, 1.165) is 15.8 Å². The Kier molecular flexibility index (Phi) is 3.11. The Bertz CT molecular complexity index is 680. The third-order valence-corrected chi connectivity index (χ3v) is 5.02. The second-order valence-corrected chi connectivity index (χ2v) is 6.65. The Hall–Kier alpha value is -1.95. The molecular weight excluding hydrogens is 284 g/mol. The molecule has 1 saturated carbocycles. The van der Waals surface area contributed by atoms with Gasteiger partial charge in [-0.25, -0.2) is 0 Å². The van der Waals surface area contributed by atoms with Gasteiger partial charge in [0.15, 0.2) is 0 Å². The Morgan fingerprint density at radius 3 is 3.00 bits per heavy atom. The van der Waals surface area contributed by atoms with Crippen LogP contribution < -0.4 is 10.6 Å². The van der Waals surface area contributed by atoms with Crippen molar-refractivity contribution >= 4 is 28.1 Å². The molecule has 2 aliphatic rings. The average Bonchev–Trinajstić information content (AvgIpc) is 3.24. The van der Waals surface area contributed by atoms with Crippen LogP contribution in [0.2, 0.25) is 0 Å². The minimum Gasteiger partial charge on any atom is -0.359 e. The molecule has 1 aliphatic carbocycles. The summed E-state index contributed by atoms with van der Waals surface area (Å²) in [5.41, 5.74) is 2.12. The molecule has 0 spiro atoms. The van der Waals surface area contributed by atoms with Crippen LogP contribution in [0.4, 0.5) is 10.8 Å². The van der Waals surface area contributed by atoms with Crippen molar-refractivity contribution in [2.45, 2.75) is 31.1 Å². The summed E-state index contributed by atoms with van der Waals surface area (Å²) in [6.07, 6.45) is 2.99. The summed E-state index contributed by atoms with van der Waals surface area (Å²) in [6.45, 7) is 0.712. The van der Waals surface area contributed by atoms with E-state index in [1.807, 2.05) is 18.2 Å². The first-order valence-corrected chi connectivity index (χ1v) is 8.07. The van der Waals surface area contributed by atoms with Gasteiger partial charge in [0.25, 0.3) is 0 Å². The Morgan fingerprint density at radius 2 is 2.14 bits per heavy atom. The highest BCUT2D eigenvalue weighted by atomic mass is 32.1. The number of benzene rings is 1. The topological polar surface area (TPSA) is 66.9 Å². The van der Waals surface area contributed by atoms with Gasteiger partial charge in [-0.1, -0.05) is 29.5 Å². The van der Waals surface area contributed by atoms with Crippen LogP contribution in [-0.4, -0.2) is 22.6 Å². The van der Waals surface area contributed by atoms with E-state index in [-0.39, 0.29) is 11.8 Å². The van der Waals surface area contributed by atoms with Gasteiger partial charge in [-0.15, -0.1) is 10.2 Å². The molecule has 108 valence electrons. The highest BCUT2D eigenvalue weighted by Gasteiger charge is 2.28. The Morgan fingerprint density at radius 1 is 1.29 bits per heavy atom. The van der Waals surface area contributed by atoms with Crippen LogP contribution in [0.1, 0.15) is 41.7 Å². The lowest BCUT2D eigenvalue weighted by molar-refractivity contribution is -0.116. The van der Waals surface area contributed by atoms with Crippen LogP contribution in [-0.2, 0) is 4.79 Å². The average molecular weight is 300 g/mol. The van der Waals surface area contributed by atoms with Crippen molar-refractivity contribution in [2.75, 3.05) is 17.2 Å². The number of anilines is 2. The molecule has 21 heavy (non-hydrogen) atoms. The van der Waals surface area contributed by atoms with Gasteiger partial charge < -0.3 is 10.6 Å². The van der Waals surface area contributed by atoms with Crippen molar-refractivity contribution in [1.82, 2.24) is 10.2 Å². The van der Waals surface area contributed by atoms with Gasteiger partial charge >= 0.3 is 0 Å². The zero-order chi connectivity index (χ0) is 14.2. The fourth-order valence-corrected chi connectivity index (χ4v) is 3.62. The van der Waals surface area contributed by atoms with Gasteiger partial charge in [-0.3, -0.25) is 4.79 Å². The first-order chi connectivity index (χ1) is 10.3. The van der Waals surface area contributed by atoms with E-state index in [1.54, 1.807) is 11.3 Å². The van der Waals surface area contributed by atoms with Crippen molar-refractivity contribution in [3.8, 4) is 0 Å². The molecule has 1 aromatic heterocycles. The number of carbonyl (C=O) groups is 1. The third-order valence-electron chi connectivity index (χ3n) is 3.97. The summed E-state index contributed by atoms with van der Waals surface area (Å²) < 4.78 is 0. The minimum absolute atomic E-state index is 0.0800. The predicted molar refractivity (Wildman–Crippen MR) is 82.8 cm³/mol. The monoisotopic (exact) mass is 300 g/mol. The first-order valence-electron chi connectivity index (χ1n) is 7.25. The standard InChI is InChI=1S/C15H16N4OS/c20-13-7-10(11-3-1-2-4-12(11)17-13)8-16-15-19-18-14(21-15)9-5-6-9/h1-4,9-10H,5-8H2,(H,16,19)(H,17,20)/t10-/m1/s1. The van der Waals surface area contributed by atoms with Crippen molar-refractivity contribution in [3.63, 3.8) is 0 Å². The highest BCUT2D eigenvalue weighted by Crippen LogP contribution is 2.42. The number of aromatic nitrogens is 2. The van der Waals surface area contributed by atoms with E-state index in [9.17, 15) is 4.79 Å². The van der Waals surface area contributed by atoms with Gasteiger partial charge in [0, 0.05) is 30.5 Å². The number of rotatable bonds is 4. The molecular formula is C15H16N4OS. The second kappa shape index (κ2) is 5.11. The van der Waals surface area contributed by atoms with E-state index >= 15 is 0 Å². The summed E-state index contributed by atoms with van der Waals surface area (Å²) in [6, 6.07) is 7.99. The molecule has 0 unspecified atom stereocenters. The maximum atomic E-state index is 11.8. The van der Waals surface area contributed by atoms with E-state index in [0.29, 0.717) is 18.9 Å². The second-order valence-electron chi connectivity index (χ2n) is 5.64. The fourth-order valence-electron chi connectivity index (χ4n) is 2.70. The number of nitrogens with zero attached hydrogens (tertiary/aromatic N) is 2. The fraction of sp³-hybridized carbons (Fsp3) is 0.400. The molecule has 1 fully saturated rings. The molecule has 2 heterocycles. The molecule has 0 radical (unpaired) electrons. The van der Waals surface area contributed by atoms with Crippen molar-refractivity contribution in [2.24, 2.45) is 0 Å². The number of fused-ring (bicyclic) bond motifs is 1. The molecule has 1 atom stereocenters. The van der Waals surface area contributed by atoms with E-state index in [2.05, 4.69) is 26.9 Å². The SMILES string of the molecule is O=C1C[C@H](CNc2nnc(C3CC3)s2)c2ccccc2N1. The Balaban J connectivity index is 1.47. The van der Waals surface area contributed by atoms with Gasteiger partial charge in [0.1, 0.15) is 5.01 Å². The molecule has 1 amide bonds. The number of nitrogens with one attached hydrogen (secondary N) is 2. The maximum absolute atomic E-state index is 11.8. The maximum Gasteiger partial charge on any atom is 0.225 e. The van der Waals surface area contributed by atoms with E-state index in [1.165, 1.54) is 18.4 Å². The van der Waals surface area contributed by atoms with Crippen molar-refractivity contribution in [3.05, 3.63) is 34.8 Å². The zero-order valence-electron chi connectivity index (χ0n) is 11.5. The van der Waals surface area contributed by atoms with Crippen molar-refractivity contribution in [1.29, 1.82) is 0 Å². The number of para-hydroxylation sites is 1. The van der Waals surface area contributed by atoms with Crippen LogP contribution in [0.25, 0.3) is 0 Å². The largest absolute Gasteiger partial charge is 0.359 e. The third kappa shape index (κ3) is 2.63. The van der Waals surface area contributed by atoms with Crippen LogP contribution in [0.3, 0.4) is 0 Å². The summed E-state index contributed by atoms with van der Waals surface area (Å²) in [7, 11) is 0. The van der Waals surface area contributed by atoms with Gasteiger partial charge in [-0.05, 0) is 24.5 Å². The number of carbonyl (C=O) groups excluding carboxylic acids is 1. The van der Waals surface area contributed by atoms with Gasteiger partial charge in [0.05, 0.1) is 0 Å².